The van der Waals surface area contributed by atoms with Gasteiger partial charge in [-0.05, 0) is 32.1 Å². The molecule has 0 spiro atoms. The van der Waals surface area contributed by atoms with Crippen molar-refractivity contribution in [3.8, 4) is 6.07 Å². The summed E-state index contributed by atoms with van der Waals surface area (Å²) in [6.07, 6.45) is 11.7. The Morgan fingerprint density at radius 3 is 2.39 bits per heavy atom. The second-order valence-electron chi connectivity index (χ2n) is 6.48. The van der Waals surface area contributed by atoms with Crippen LogP contribution in [0, 0.1) is 11.3 Å². The zero-order chi connectivity index (χ0) is 12.4. The quantitative estimate of drug-likeness (QED) is 0.779. The molecule has 0 aromatic rings. The van der Waals surface area contributed by atoms with Crippen molar-refractivity contribution in [3.63, 3.8) is 0 Å². The van der Waals surface area contributed by atoms with Gasteiger partial charge in [-0.3, -0.25) is 10.2 Å². The van der Waals surface area contributed by atoms with Crippen molar-refractivity contribution in [1.82, 2.24) is 10.2 Å². The minimum atomic E-state index is -0.238. The summed E-state index contributed by atoms with van der Waals surface area (Å²) >= 11 is 0. The van der Waals surface area contributed by atoms with Gasteiger partial charge in [-0.25, -0.2) is 0 Å². The van der Waals surface area contributed by atoms with E-state index >= 15 is 0 Å². The van der Waals surface area contributed by atoms with Gasteiger partial charge in [0.1, 0.15) is 5.54 Å². The predicted octanol–water partition coefficient (Wildman–Crippen LogP) is 2.43. The van der Waals surface area contributed by atoms with Crippen LogP contribution in [0.3, 0.4) is 0 Å². The van der Waals surface area contributed by atoms with E-state index in [0.717, 1.165) is 25.6 Å². The first-order chi connectivity index (χ1) is 8.81. The van der Waals surface area contributed by atoms with Gasteiger partial charge >= 0.3 is 0 Å². The van der Waals surface area contributed by atoms with Crippen LogP contribution in [0.5, 0.6) is 0 Å². The van der Waals surface area contributed by atoms with E-state index in [1.54, 1.807) is 0 Å². The highest BCUT2D eigenvalue weighted by Gasteiger charge is 2.44. The van der Waals surface area contributed by atoms with Crippen molar-refractivity contribution in [1.29, 1.82) is 5.26 Å². The summed E-state index contributed by atoms with van der Waals surface area (Å²) in [5, 5.41) is 13.3. The van der Waals surface area contributed by atoms with E-state index in [1.165, 1.54) is 51.4 Å². The number of likely N-dealkylation sites (tertiary alicyclic amines) is 1. The van der Waals surface area contributed by atoms with Crippen molar-refractivity contribution in [2.75, 3.05) is 13.1 Å². The maximum absolute atomic E-state index is 9.60. The first-order valence-corrected chi connectivity index (χ1v) is 7.74. The van der Waals surface area contributed by atoms with Crippen LogP contribution in [0.25, 0.3) is 0 Å². The van der Waals surface area contributed by atoms with Crippen molar-refractivity contribution >= 4 is 0 Å². The van der Waals surface area contributed by atoms with Gasteiger partial charge in [0, 0.05) is 25.2 Å². The van der Waals surface area contributed by atoms with Crippen LogP contribution in [-0.4, -0.2) is 35.6 Å². The van der Waals surface area contributed by atoms with Crippen LogP contribution in [0.4, 0.5) is 0 Å². The molecule has 3 nitrogen and oxygen atoms in total. The molecule has 1 heterocycles. The third-order valence-electron chi connectivity index (χ3n) is 4.91. The van der Waals surface area contributed by atoms with Gasteiger partial charge in [0.25, 0.3) is 0 Å². The molecule has 3 heteroatoms. The molecule has 2 aliphatic carbocycles. The molecule has 3 fully saturated rings. The third-order valence-corrected chi connectivity index (χ3v) is 4.91. The average Bonchev–Trinajstić information content (AvgIpc) is 3.18. The summed E-state index contributed by atoms with van der Waals surface area (Å²) < 4.78 is 0. The smallest absolute Gasteiger partial charge is 0.121 e. The lowest BCUT2D eigenvalue weighted by atomic mass is 9.97. The van der Waals surface area contributed by atoms with Crippen LogP contribution >= 0.6 is 0 Å². The fraction of sp³-hybridized carbons (Fsp3) is 0.933. The molecule has 2 saturated carbocycles. The Kier molecular flexibility index (Phi) is 3.59. The van der Waals surface area contributed by atoms with Crippen LogP contribution in [0.2, 0.25) is 0 Å². The summed E-state index contributed by atoms with van der Waals surface area (Å²) in [7, 11) is 0. The Balaban J connectivity index is 1.59. The molecule has 18 heavy (non-hydrogen) atoms. The van der Waals surface area contributed by atoms with Gasteiger partial charge in [0.15, 0.2) is 0 Å². The molecule has 0 radical (unpaired) electrons. The van der Waals surface area contributed by atoms with E-state index in [0.29, 0.717) is 6.04 Å². The fourth-order valence-electron chi connectivity index (χ4n) is 3.65. The zero-order valence-electron chi connectivity index (χ0n) is 11.3. The monoisotopic (exact) mass is 247 g/mol. The highest BCUT2D eigenvalue weighted by Crippen LogP contribution is 2.34. The van der Waals surface area contributed by atoms with E-state index in [9.17, 15) is 5.26 Å². The van der Waals surface area contributed by atoms with E-state index in [-0.39, 0.29) is 5.54 Å². The highest BCUT2D eigenvalue weighted by atomic mass is 15.3. The van der Waals surface area contributed by atoms with Crippen molar-refractivity contribution < 1.29 is 0 Å². The van der Waals surface area contributed by atoms with Gasteiger partial charge in [0.2, 0.25) is 0 Å². The van der Waals surface area contributed by atoms with Gasteiger partial charge in [-0.15, -0.1) is 0 Å². The minimum Gasteiger partial charge on any atom is -0.297 e. The summed E-state index contributed by atoms with van der Waals surface area (Å²) in [6.45, 7) is 2.09. The molecule has 1 N–H and O–H groups in total. The molecule has 100 valence electrons. The summed E-state index contributed by atoms with van der Waals surface area (Å²) in [4.78, 5) is 2.53. The molecular weight excluding hydrogens is 222 g/mol. The fourth-order valence-corrected chi connectivity index (χ4v) is 3.65. The Bertz CT molecular complexity index is 323. The summed E-state index contributed by atoms with van der Waals surface area (Å²) in [5.41, 5.74) is -0.238. The molecule has 0 bridgehead atoms. The van der Waals surface area contributed by atoms with Crippen LogP contribution in [0.1, 0.15) is 57.8 Å². The largest absolute Gasteiger partial charge is 0.297 e. The van der Waals surface area contributed by atoms with E-state index in [1.807, 2.05) is 0 Å². The van der Waals surface area contributed by atoms with Crippen molar-refractivity contribution in [2.24, 2.45) is 0 Å². The van der Waals surface area contributed by atoms with Crippen molar-refractivity contribution in [2.45, 2.75) is 75.4 Å². The molecule has 3 rings (SSSR count). The Hall–Kier alpha value is -0.590. The SMILES string of the molecule is N#CC1(NC2CCCCCC2)CCN(C2CC2)C1. The Morgan fingerprint density at radius 2 is 1.78 bits per heavy atom. The number of nitrogens with zero attached hydrogens (tertiary/aromatic N) is 2. The highest BCUT2D eigenvalue weighted by molar-refractivity contribution is 5.15. The molecule has 0 aromatic carbocycles. The maximum Gasteiger partial charge on any atom is 0.121 e. The third kappa shape index (κ3) is 2.70. The molecule has 0 aromatic heterocycles. The average molecular weight is 247 g/mol. The van der Waals surface area contributed by atoms with Gasteiger partial charge in [-0.2, -0.15) is 5.26 Å². The lowest BCUT2D eigenvalue weighted by Gasteiger charge is -2.29. The number of rotatable bonds is 3. The second kappa shape index (κ2) is 5.19. The topological polar surface area (TPSA) is 39.1 Å². The molecule has 1 saturated heterocycles. The van der Waals surface area contributed by atoms with Crippen LogP contribution in [0.15, 0.2) is 0 Å². The predicted molar refractivity (Wildman–Crippen MR) is 72.2 cm³/mol. The number of nitrogens with one attached hydrogen (secondary N) is 1. The van der Waals surface area contributed by atoms with Gasteiger partial charge in [0.05, 0.1) is 6.07 Å². The molecule has 3 aliphatic rings. The number of nitriles is 1. The molecule has 1 aliphatic heterocycles. The van der Waals surface area contributed by atoms with Gasteiger partial charge < -0.3 is 0 Å². The molecule has 1 unspecified atom stereocenters. The van der Waals surface area contributed by atoms with Crippen molar-refractivity contribution in [3.05, 3.63) is 0 Å². The Labute approximate surface area is 111 Å². The van der Waals surface area contributed by atoms with E-state index in [4.69, 9.17) is 0 Å². The molecule has 1 atom stereocenters. The van der Waals surface area contributed by atoms with Crippen LogP contribution in [-0.2, 0) is 0 Å². The number of hydrogen-bond acceptors (Lipinski definition) is 3. The number of hydrogen-bond donors (Lipinski definition) is 1. The van der Waals surface area contributed by atoms with Crippen LogP contribution < -0.4 is 5.32 Å². The molecule has 0 amide bonds. The van der Waals surface area contributed by atoms with Gasteiger partial charge in [-0.1, -0.05) is 25.7 Å². The normalized spacial score (nSPS) is 35.3. The first kappa shape index (κ1) is 12.4. The maximum atomic E-state index is 9.60. The minimum absolute atomic E-state index is 0.238. The zero-order valence-corrected chi connectivity index (χ0v) is 11.3. The first-order valence-electron chi connectivity index (χ1n) is 7.74. The molecular formula is C15H25N3. The lowest BCUT2D eigenvalue weighted by Crippen LogP contribution is -2.51. The lowest BCUT2D eigenvalue weighted by molar-refractivity contribution is 0.282. The Morgan fingerprint density at radius 1 is 1.06 bits per heavy atom. The summed E-state index contributed by atoms with van der Waals surface area (Å²) in [5.74, 6) is 0. The van der Waals surface area contributed by atoms with E-state index < -0.39 is 0 Å². The standard InChI is InChI=1S/C15H25N3/c16-11-15(9-10-18(12-15)14-7-8-14)17-13-5-3-1-2-4-6-13/h13-14,17H,1-10,12H2. The second-order valence-corrected chi connectivity index (χ2v) is 6.48. The summed E-state index contributed by atoms with van der Waals surface area (Å²) in [6, 6.07) is 4.00. The van der Waals surface area contributed by atoms with E-state index in [2.05, 4.69) is 16.3 Å².